The number of aliphatic hydroxyl groups is 3. The number of hydrogen-bond acceptors (Lipinski definition) is 24. The summed E-state index contributed by atoms with van der Waals surface area (Å²) in [6, 6.07) is -0.766. The van der Waals surface area contributed by atoms with Crippen molar-refractivity contribution >= 4 is 68.2 Å². The fourth-order valence-electron chi connectivity index (χ4n) is 10.2. The Bertz CT molecular complexity index is 2670. The van der Waals surface area contributed by atoms with Crippen molar-refractivity contribution in [1.29, 1.82) is 0 Å². The third-order valence-corrected chi connectivity index (χ3v) is 17.4. The number of aliphatic hydroxyl groups excluding tert-OH is 3. The molecule has 34 nitrogen and oxygen atoms in total. The number of carbonyl (C=O) groups is 7. The number of carbonyl (C=O) groups excluding carboxylic acids is 7. The van der Waals surface area contributed by atoms with Crippen molar-refractivity contribution in [3.05, 3.63) is 18.3 Å². The van der Waals surface area contributed by atoms with Gasteiger partial charge in [-0.1, -0.05) is 25.7 Å². The van der Waals surface area contributed by atoms with Gasteiger partial charge in [0.15, 0.2) is 5.65 Å². The highest BCUT2D eigenvalue weighted by Crippen LogP contribution is 2.50. The number of fused-ring (bicyclic) bond motifs is 1. The van der Waals surface area contributed by atoms with Gasteiger partial charge in [0.25, 0.3) is 0 Å². The van der Waals surface area contributed by atoms with Gasteiger partial charge < -0.3 is 86.6 Å². The number of amides is 7. The maximum Gasteiger partial charge on any atom is 0.472 e. The summed E-state index contributed by atoms with van der Waals surface area (Å²) < 4.78 is 72.0. The van der Waals surface area contributed by atoms with Crippen LogP contribution in [0, 0.1) is 6.92 Å². The molecule has 0 saturated carbocycles. The molecule has 0 bridgehead atoms. The number of β-amino-alcohol motifs (C(OH)–C–C–N with tert-alkyl or cyclic N) is 1. The molecule has 7 atom stereocenters. The van der Waals surface area contributed by atoms with E-state index in [4.69, 9.17) is 48.5 Å². The summed E-state index contributed by atoms with van der Waals surface area (Å²) in [5.41, 5.74) is 5.71. The molecule has 2 fully saturated rings. The van der Waals surface area contributed by atoms with Crippen LogP contribution >= 0.6 is 15.6 Å². The first-order chi connectivity index (χ1) is 45.6. The molecule has 4 heterocycles. The minimum Gasteiger partial charge on any atom is -0.396 e. The van der Waals surface area contributed by atoms with Crippen molar-refractivity contribution in [2.24, 2.45) is 5.73 Å². The third kappa shape index (κ3) is 33.7. The molecule has 542 valence electrons. The van der Waals surface area contributed by atoms with E-state index in [9.17, 15) is 57.6 Å². The SMILES string of the molecule is COP(=O)(O)OC[C@H]1O[C@@H](n2cnc3c(C)ncnc32)C[C@@H]1OP(=O)(O)OC[C@@H]1C[C@@H](O)CN1C(=O)CCCCCCCCC(=O)NC(COCCC(=O)NCCCN)(COCCC(=O)NCCCNC(=O)CCCCO)COCCC(=O)NCCCNC(=O)CCCCO. The number of aromatic nitrogens is 4. The van der Waals surface area contributed by atoms with Crippen LogP contribution in [0.25, 0.3) is 11.2 Å². The highest BCUT2D eigenvalue weighted by atomic mass is 31.2. The Hall–Kier alpha value is -5.26. The summed E-state index contributed by atoms with van der Waals surface area (Å²) in [6.07, 6.45) is 6.89. The van der Waals surface area contributed by atoms with E-state index >= 15 is 0 Å². The fraction of sp³-hybridized carbons (Fsp3) is 0.797. The van der Waals surface area contributed by atoms with Gasteiger partial charge in [0, 0.05) is 111 Å². The van der Waals surface area contributed by atoms with E-state index in [1.165, 1.54) is 17.6 Å². The zero-order chi connectivity index (χ0) is 69.3. The van der Waals surface area contributed by atoms with Gasteiger partial charge in [-0.25, -0.2) is 24.1 Å². The predicted octanol–water partition coefficient (Wildman–Crippen LogP) is 0.881. The largest absolute Gasteiger partial charge is 0.472 e. The number of nitrogens with zero attached hydrogens (tertiary/aromatic N) is 5. The average Bonchev–Trinajstić information content (AvgIpc) is 1.64. The molecule has 2 saturated heterocycles. The second kappa shape index (κ2) is 46.1. The lowest BCUT2D eigenvalue weighted by Gasteiger charge is -2.34. The Morgan fingerprint density at radius 3 is 1.63 bits per heavy atom. The minimum absolute atomic E-state index is 0.00584. The number of ether oxygens (including phenoxy) is 4. The van der Waals surface area contributed by atoms with E-state index in [0.29, 0.717) is 140 Å². The monoisotopic (exact) mass is 1390 g/mol. The van der Waals surface area contributed by atoms with Crippen molar-refractivity contribution in [3.63, 3.8) is 0 Å². The summed E-state index contributed by atoms with van der Waals surface area (Å²) in [5, 5.41) is 45.4. The van der Waals surface area contributed by atoms with Crippen molar-refractivity contribution in [2.45, 2.75) is 184 Å². The second-order valence-corrected chi connectivity index (χ2v) is 26.4. The molecule has 2 unspecified atom stereocenters. The van der Waals surface area contributed by atoms with Gasteiger partial charge in [0.05, 0.1) is 77.0 Å². The molecule has 0 aliphatic carbocycles. The van der Waals surface area contributed by atoms with Gasteiger partial charge in [-0.3, -0.25) is 56.2 Å². The van der Waals surface area contributed by atoms with Crippen LogP contribution in [-0.2, 0) is 79.7 Å². The van der Waals surface area contributed by atoms with Crippen molar-refractivity contribution in [3.8, 4) is 0 Å². The van der Waals surface area contributed by atoms with Crippen LogP contribution in [0.1, 0.15) is 153 Å². The number of likely N-dealkylation sites (tertiary alicyclic amines) is 1. The molecule has 0 spiro atoms. The molecule has 36 heteroatoms. The van der Waals surface area contributed by atoms with Crippen LogP contribution in [0.4, 0.5) is 0 Å². The molecular formula is C59H104N12O22P2. The zero-order valence-electron chi connectivity index (χ0n) is 55.0. The quantitative estimate of drug-likeness (QED) is 0.0323. The Morgan fingerprint density at radius 1 is 0.621 bits per heavy atom. The molecule has 4 rings (SSSR count). The third-order valence-electron chi connectivity index (χ3n) is 15.4. The van der Waals surface area contributed by atoms with Crippen LogP contribution in [0.5, 0.6) is 0 Å². The number of phosphoric acid groups is 2. The van der Waals surface area contributed by atoms with Crippen LogP contribution in [0.15, 0.2) is 12.7 Å². The lowest BCUT2D eigenvalue weighted by atomic mass is 10.0. The Balaban J connectivity index is 1.28. The average molecular weight is 1400 g/mol. The number of aryl methyl sites for hydroxylation is 1. The van der Waals surface area contributed by atoms with Crippen molar-refractivity contribution in [2.75, 3.05) is 119 Å². The molecule has 2 aromatic heterocycles. The lowest BCUT2D eigenvalue weighted by molar-refractivity contribution is -0.133. The van der Waals surface area contributed by atoms with Gasteiger partial charge in [-0.05, 0) is 77.7 Å². The number of imidazole rings is 1. The summed E-state index contributed by atoms with van der Waals surface area (Å²) in [7, 11) is -8.44. The molecule has 95 heavy (non-hydrogen) atoms. The highest BCUT2D eigenvalue weighted by Gasteiger charge is 2.45. The van der Waals surface area contributed by atoms with Gasteiger partial charge in [0.1, 0.15) is 35.8 Å². The smallest absolute Gasteiger partial charge is 0.396 e. The number of phosphoric ester groups is 2. The normalized spacial score (nSPS) is 18.5. The molecule has 2 aromatic rings. The molecule has 7 amide bonds. The first-order valence-electron chi connectivity index (χ1n) is 32.9. The van der Waals surface area contributed by atoms with E-state index in [1.807, 2.05) is 0 Å². The molecule has 13 N–H and O–H groups in total. The standard InChI is InChI=1S/C59H104N12O22P2/c1-44-57-58(67-42-66-44)71(43-68-57)56-35-47(48(92-56)38-91-94(82,83)86-2)93-95(84,85)90-37-45-34-46(74)36-70(45)55(81)19-8-6-4-3-5-7-18-54(80)69-59(39-87-31-20-51(77)61-24-13-23-60,40-88-32-21-52(78)64-27-14-25-62-49(75)16-9-11-29-72)41-89-33-22-53(79)65-28-15-26-63-50(76)17-10-12-30-73/h42-43,45-48,56,72-74H,3-41,60H2,1-2H3,(H,61,77)(H,62,75)(H,63,76)(H,64,78)(H,65,79)(H,69,80)(H,82,83)(H,84,85)/t45-,46+,47-,48+,56+/m0/s1. The van der Waals surface area contributed by atoms with E-state index in [1.54, 1.807) is 11.5 Å². The zero-order valence-corrected chi connectivity index (χ0v) is 56.8. The lowest BCUT2D eigenvalue weighted by Crippen LogP contribution is -2.58. The first kappa shape index (κ1) is 82.2. The van der Waals surface area contributed by atoms with Crippen LogP contribution in [-0.4, -0.2) is 240 Å². The van der Waals surface area contributed by atoms with E-state index < -0.39 is 65.0 Å². The Kier molecular flexibility index (Phi) is 39.9. The molecule has 0 aromatic carbocycles. The maximum atomic E-state index is 13.8. The summed E-state index contributed by atoms with van der Waals surface area (Å²) in [5.74, 6) is -1.80. The number of rotatable bonds is 54. The summed E-state index contributed by atoms with van der Waals surface area (Å²) in [6.45, 7) is 2.16. The Labute approximate surface area is 554 Å². The van der Waals surface area contributed by atoms with Gasteiger partial charge in [0.2, 0.25) is 41.4 Å². The number of unbranched alkanes of at least 4 members (excludes halogenated alkanes) is 7. The van der Waals surface area contributed by atoms with Crippen LogP contribution in [0.2, 0.25) is 0 Å². The Morgan fingerprint density at radius 2 is 1.11 bits per heavy atom. The summed E-state index contributed by atoms with van der Waals surface area (Å²) >= 11 is 0. The number of nitrogens with one attached hydrogen (secondary N) is 6. The molecule has 0 radical (unpaired) electrons. The van der Waals surface area contributed by atoms with E-state index in [-0.39, 0.29) is 146 Å². The van der Waals surface area contributed by atoms with Crippen molar-refractivity contribution in [1.82, 2.24) is 56.3 Å². The first-order valence-corrected chi connectivity index (χ1v) is 35.9. The highest BCUT2D eigenvalue weighted by molar-refractivity contribution is 7.47. The molecular weight excluding hydrogens is 1290 g/mol. The van der Waals surface area contributed by atoms with Crippen LogP contribution in [0.3, 0.4) is 0 Å². The van der Waals surface area contributed by atoms with Gasteiger partial charge >= 0.3 is 15.6 Å². The second-order valence-electron chi connectivity index (χ2n) is 23.4. The van der Waals surface area contributed by atoms with E-state index in [0.717, 1.165) is 20.0 Å². The number of hydrogen-bond donors (Lipinski definition) is 12. The van der Waals surface area contributed by atoms with Gasteiger partial charge in [-0.2, -0.15) is 0 Å². The van der Waals surface area contributed by atoms with Crippen LogP contribution < -0.4 is 37.6 Å². The molecule has 2 aliphatic rings. The predicted molar refractivity (Wildman–Crippen MR) is 342 cm³/mol. The molecule has 2 aliphatic heterocycles. The van der Waals surface area contributed by atoms with Gasteiger partial charge in [-0.15, -0.1) is 0 Å². The minimum atomic E-state index is -4.92. The van der Waals surface area contributed by atoms with Crippen molar-refractivity contribution < 1.29 is 105 Å². The summed E-state index contributed by atoms with van der Waals surface area (Å²) in [4.78, 5) is 125. The van der Waals surface area contributed by atoms with E-state index in [2.05, 4.69) is 51.4 Å². The topological polar surface area (TPSA) is 474 Å². The number of nitrogens with two attached hydrogens (primary N) is 1. The fourth-order valence-corrected chi connectivity index (χ4v) is 11.7. The maximum absolute atomic E-state index is 13.8.